The summed E-state index contributed by atoms with van der Waals surface area (Å²) in [5.74, 6) is 2.65. The van der Waals surface area contributed by atoms with Gasteiger partial charge in [0.05, 0.1) is 0 Å². The molecular weight excluding hydrogens is 180 g/mol. The third kappa shape index (κ3) is 2.04. The van der Waals surface area contributed by atoms with Crippen LogP contribution in [-0.4, -0.2) is 0 Å². The van der Waals surface area contributed by atoms with Crippen molar-refractivity contribution >= 4 is 0 Å². The second kappa shape index (κ2) is 4.15. The van der Waals surface area contributed by atoms with E-state index in [4.69, 9.17) is 0 Å². The van der Waals surface area contributed by atoms with Gasteiger partial charge in [-0.25, -0.2) is 0 Å². The van der Waals surface area contributed by atoms with Gasteiger partial charge < -0.3 is 0 Å². The van der Waals surface area contributed by atoms with Crippen LogP contribution in [0.25, 0.3) is 0 Å². The average molecular weight is 204 g/mol. The lowest BCUT2D eigenvalue weighted by atomic mass is 9.64. The Hall–Kier alpha value is -0.520. The highest BCUT2D eigenvalue weighted by molar-refractivity contribution is 5.26. The van der Waals surface area contributed by atoms with Crippen molar-refractivity contribution in [2.75, 3.05) is 0 Å². The van der Waals surface area contributed by atoms with E-state index >= 15 is 0 Å². The smallest absolute Gasteiger partial charge is 0.00127 e. The summed E-state index contributed by atoms with van der Waals surface area (Å²) in [7, 11) is 0. The summed E-state index contributed by atoms with van der Waals surface area (Å²) in [5.41, 5.74) is 4.93. The number of hydrogen-bond acceptors (Lipinski definition) is 0. The molecular formula is C15H24. The van der Waals surface area contributed by atoms with Crippen molar-refractivity contribution in [3.05, 3.63) is 22.8 Å². The summed E-state index contributed by atoms with van der Waals surface area (Å²) in [6.07, 6.45) is 8.07. The Balaban J connectivity index is 2.33. The molecule has 0 bridgehead atoms. The van der Waals surface area contributed by atoms with Crippen molar-refractivity contribution in [1.82, 2.24) is 0 Å². The predicted octanol–water partition coefficient (Wildman–Crippen LogP) is 4.73. The molecule has 0 saturated heterocycles. The molecule has 1 fully saturated rings. The molecule has 2 rings (SSSR count). The van der Waals surface area contributed by atoms with Crippen LogP contribution in [0, 0.1) is 17.8 Å². The molecule has 1 saturated carbocycles. The molecule has 2 aliphatic rings. The van der Waals surface area contributed by atoms with Gasteiger partial charge in [0.15, 0.2) is 0 Å². The summed E-state index contributed by atoms with van der Waals surface area (Å²) < 4.78 is 0. The van der Waals surface area contributed by atoms with Crippen LogP contribution in [0.5, 0.6) is 0 Å². The average Bonchev–Trinajstić information content (AvgIpc) is 2.17. The van der Waals surface area contributed by atoms with Crippen molar-refractivity contribution in [2.24, 2.45) is 17.8 Å². The zero-order chi connectivity index (χ0) is 11.0. The number of allylic oxidation sites excluding steroid dienone is 4. The highest BCUT2D eigenvalue weighted by Gasteiger charge is 2.34. The maximum Gasteiger partial charge on any atom is 0.00127 e. The molecule has 0 aromatic heterocycles. The zero-order valence-electron chi connectivity index (χ0n) is 10.6. The van der Waals surface area contributed by atoms with E-state index < -0.39 is 0 Å². The number of hydrogen-bond donors (Lipinski definition) is 0. The third-order valence-electron chi connectivity index (χ3n) is 4.44. The van der Waals surface area contributed by atoms with Gasteiger partial charge in [-0.1, -0.05) is 29.7 Å². The SMILES string of the molecule is CC1=C[C@@H]2C(=C(C)C)CC[C@@H](C)[C@@H]2CC1. The van der Waals surface area contributed by atoms with Crippen LogP contribution in [0.15, 0.2) is 22.8 Å². The Morgan fingerprint density at radius 1 is 1.20 bits per heavy atom. The molecule has 0 radical (unpaired) electrons. The third-order valence-corrected chi connectivity index (χ3v) is 4.44. The molecule has 0 nitrogen and oxygen atoms in total. The van der Waals surface area contributed by atoms with E-state index in [1.807, 2.05) is 0 Å². The topological polar surface area (TPSA) is 0 Å². The fourth-order valence-corrected chi connectivity index (χ4v) is 3.43. The van der Waals surface area contributed by atoms with Crippen molar-refractivity contribution in [3.63, 3.8) is 0 Å². The first-order valence-electron chi connectivity index (χ1n) is 6.43. The van der Waals surface area contributed by atoms with E-state index in [0.717, 1.165) is 17.8 Å². The highest BCUT2D eigenvalue weighted by atomic mass is 14.4. The van der Waals surface area contributed by atoms with Gasteiger partial charge in [0.1, 0.15) is 0 Å². The Bertz CT molecular complexity index is 302. The fraction of sp³-hybridized carbons (Fsp3) is 0.733. The van der Waals surface area contributed by atoms with Crippen molar-refractivity contribution in [3.8, 4) is 0 Å². The first-order chi connectivity index (χ1) is 7.09. The number of rotatable bonds is 0. The van der Waals surface area contributed by atoms with Crippen LogP contribution in [0.4, 0.5) is 0 Å². The molecule has 0 unspecified atom stereocenters. The van der Waals surface area contributed by atoms with Gasteiger partial charge in [-0.3, -0.25) is 0 Å². The highest BCUT2D eigenvalue weighted by Crippen LogP contribution is 2.46. The van der Waals surface area contributed by atoms with Gasteiger partial charge in [0.2, 0.25) is 0 Å². The van der Waals surface area contributed by atoms with Gasteiger partial charge in [0.25, 0.3) is 0 Å². The fourth-order valence-electron chi connectivity index (χ4n) is 3.43. The monoisotopic (exact) mass is 204 g/mol. The van der Waals surface area contributed by atoms with Crippen LogP contribution >= 0.6 is 0 Å². The van der Waals surface area contributed by atoms with Crippen LogP contribution in [0.2, 0.25) is 0 Å². The summed E-state index contributed by atoms with van der Waals surface area (Å²) >= 11 is 0. The largest absolute Gasteiger partial charge is 0.0781 e. The van der Waals surface area contributed by atoms with Crippen molar-refractivity contribution < 1.29 is 0 Å². The minimum absolute atomic E-state index is 0.785. The lowest BCUT2D eigenvalue weighted by Gasteiger charge is -2.41. The van der Waals surface area contributed by atoms with E-state index in [9.17, 15) is 0 Å². The van der Waals surface area contributed by atoms with E-state index in [0.29, 0.717) is 0 Å². The molecule has 0 heterocycles. The molecule has 3 atom stereocenters. The van der Waals surface area contributed by atoms with Gasteiger partial charge >= 0.3 is 0 Å². The Labute approximate surface area is 94.5 Å². The molecule has 84 valence electrons. The van der Waals surface area contributed by atoms with Crippen molar-refractivity contribution in [1.29, 1.82) is 0 Å². The van der Waals surface area contributed by atoms with Crippen molar-refractivity contribution in [2.45, 2.75) is 53.4 Å². The Kier molecular flexibility index (Phi) is 3.04. The van der Waals surface area contributed by atoms with Crippen LogP contribution < -0.4 is 0 Å². The summed E-state index contributed by atoms with van der Waals surface area (Å²) in [5, 5.41) is 0. The summed E-state index contributed by atoms with van der Waals surface area (Å²) in [6, 6.07) is 0. The van der Waals surface area contributed by atoms with Gasteiger partial charge in [-0.2, -0.15) is 0 Å². The van der Waals surface area contributed by atoms with E-state index in [2.05, 4.69) is 33.8 Å². The molecule has 0 amide bonds. The van der Waals surface area contributed by atoms with E-state index in [1.165, 1.54) is 25.7 Å². The molecule has 0 aromatic carbocycles. The van der Waals surface area contributed by atoms with Crippen LogP contribution in [0.3, 0.4) is 0 Å². The quantitative estimate of drug-likeness (QED) is 0.501. The Morgan fingerprint density at radius 3 is 2.60 bits per heavy atom. The maximum atomic E-state index is 2.56. The maximum absolute atomic E-state index is 2.56. The second-order valence-corrected chi connectivity index (χ2v) is 5.78. The first kappa shape index (κ1) is 11.0. The number of fused-ring (bicyclic) bond motifs is 1. The molecule has 0 aliphatic heterocycles. The zero-order valence-corrected chi connectivity index (χ0v) is 10.6. The molecule has 0 spiro atoms. The Morgan fingerprint density at radius 2 is 1.93 bits per heavy atom. The normalized spacial score (nSPS) is 35.9. The van der Waals surface area contributed by atoms with Crippen LogP contribution in [0.1, 0.15) is 53.4 Å². The van der Waals surface area contributed by atoms with Gasteiger partial charge in [-0.15, -0.1) is 0 Å². The predicted molar refractivity (Wildman–Crippen MR) is 66.7 cm³/mol. The van der Waals surface area contributed by atoms with E-state index in [-0.39, 0.29) is 0 Å². The second-order valence-electron chi connectivity index (χ2n) is 5.78. The molecule has 0 heteroatoms. The molecule has 0 aromatic rings. The molecule has 0 N–H and O–H groups in total. The minimum Gasteiger partial charge on any atom is -0.0781 e. The lowest BCUT2D eigenvalue weighted by Crippen LogP contribution is -2.30. The summed E-state index contributed by atoms with van der Waals surface area (Å²) in [4.78, 5) is 0. The van der Waals surface area contributed by atoms with Gasteiger partial charge in [-0.05, 0) is 58.3 Å². The standard InChI is InChI=1S/C15H24/c1-10(2)13-8-6-12(4)14-7-5-11(3)9-15(13)14/h9,12,14-15H,5-8H2,1-4H3/t12-,14+,15-/m1/s1. The lowest BCUT2D eigenvalue weighted by molar-refractivity contribution is 0.223. The van der Waals surface area contributed by atoms with Crippen LogP contribution in [-0.2, 0) is 0 Å². The summed E-state index contributed by atoms with van der Waals surface area (Å²) in [6.45, 7) is 9.34. The minimum atomic E-state index is 0.785. The van der Waals surface area contributed by atoms with Gasteiger partial charge in [0, 0.05) is 5.92 Å². The molecule has 2 aliphatic carbocycles. The first-order valence-corrected chi connectivity index (χ1v) is 6.43. The molecule has 15 heavy (non-hydrogen) atoms. The van der Waals surface area contributed by atoms with E-state index in [1.54, 1.807) is 16.7 Å².